The summed E-state index contributed by atoms with van der Waals surface area (Å²) in [7, 11) is 0. The number of nitrogen functional groups attached to an aromatic ring is 1. The van der Waals surface area contributed by atoms with Gasteiger partial charge in [0.05, 0.1) is 5.69 Å². The van der Waals surface area contributed by atoms with E-state index in [4.69, 9.17) is 10.5 Å². The molecule has 1 aromatic carbocycles. The molecule has 0 amide bonds. The van der Waals surface area contributed by atoms with E-state index in [0.717, 1.165) is 5.56 Å². The number of anilines is 1. The number of ether oxygens (including phenoxy) is 1. The number of hydrogen-bond acceptors (Lipinski definition) is 5. The summed E-state index contributed by atoms with van der Waals surface area (Å²) in [6, 6.07) is 9.64. The number of aromatic nitrogens is 2. The van der Waals surface area contributed by atoms with Crippen LogP contribution in [0.5, 0.6) is 11.6 Å². The zero-order valence-corrected chi connectivity index (χ0v) is 9.42. The summed E-state index contributed by atoms with van der Waals surface area (Å²) in [5.41, 5.74) is 6.92. The maximum absolute atomic E-state index is 9.59. The van der Waals surface area contributed by atoms with Crippen LogP contribution in [0.3, 0.4) is 0 Å². The lowest BCUT2D eigenvalue weighted by Gasteiger charge is -2.09. The SMILES string of the molecule is Cc1nc(N)nc(O)c1OCc1ccccc1. The van der Waals surface area contributed by atoms with Crippen LogP contribution in [-0.2, 0) is 6.61 Å². The molecule has 0 spiro atoms. The van der Waals surface area contributed by atoms with E-state index in [-0.39, 0.29) is 17.6 Å². The maximum atomic E-state index is 9.59. The van der Waals surface area contributed by atoms with Crippen molar-refractivity contribution in [3.05, 3.63) is 41.6 Å². The van der Waals surface area contributed by atoms with Gasteiger partial charge in [0.1, 0.15) is 6.61 Å². The van der Waals surface area contributed by atoms with Crippen molar-refractivity contribution in [1.29, 1.82) is 0 Å². The summed E-state index contributed by atoms with van der Waals surface area (Å²) in [4.78, 5) is 7.57. The van der Waals surface area contributed by atoms with Crippen molar-refractivity contribution < 1.29 is 9.84 Å². The molecule has 88 valence electrons. The smallest absolute Gasteiger partial charge is 0.259 e. The molecule has 5 nitrogen and oxygen atoms in total. The molecule has 2 aromatic rings. The topological polar surface area (TPSA) is 81.3 Å². The molecule has 0 atom stereocenters. The van der Waals surface area contributed by atoms with Gasteiger partial charge in [-0.15, -0.1) is 0 Å². The van der Waals surface area contributed by atoms with Crippen LogP contribution in [0.25, 0.3) is 0 Å². The van der Waals surface area contributed by atoms with Crippen LogP contribution in [0.4, 0.5) is 5.95 Å². The van der Waals surface area contributed by atoms with Crippen LogP contribution >= 0.6 is 0 Å². The van der Waals surface area contributed by atoms with Crippen LogP contribution in [0.15, 0.2) is 30.3 Å². The first-order valence-electron chi connectivity index (χ1n) is 5.16. The van der Waals surface area contributed by atoms with Crippen molar-refractivity contribution in [2.24, 2.45) is 0 Å². The van der Waals surface area contributed by atoms with E-state index in [1.807, 2.05) is 30.3 Å². The fraction of sp³-hybridized carbons (Fsp3) is 0.167. The van der Waals surface area contributed by atoms with Crippen LogP contribution in [-0.4, -0.2) is 15.1 Å². The third kappa shape index (κ3) is 2.63. The highest BCUT2D eigenvalue weighted by Crippen LogP contribution is 2.27. The minimum Gasteiger partial charge on any atom is -0.491 e. The number of aryl methyl sites for hydroxylation is 1. The Morgan fingerprint density at radius 1 is 1.24 bits per heavy atom. The predicted octanol–water partition coefficient (Wildman–Crippen LogP) is 1.65. The maximum Gasteiger partial charge on any atom is 0.259 e. The van der Waals surface area contributed by atoms with Crippen LogP contribution in [0.1, 0.15) is 11.3 Å². The van der Waals surface area contributed by atoms with E-state index in [0.29, 0.717) is 12.3 Å². The van der Waals surface area contributed by atoms with E-state index >= 15 is 0 Å². The Balaban J connectivity index is 2.15. The van der Waals surface area contributed by atoms with Crippen molar-refractivity contribution in [1.82, 2.24) is 9.97 Å². The minimum atomic E-state index is -0.231. The molecular formula is C12H13N3O2. The molecule has 0 aliphatic carbocycles. The average Bonchev–Trinajstić information content (AvgIpc) is 2.29. The molecule has 17 heavy (non-hydrogen) atoms. The van der Waals surface area contributed by atoms with Crippen molar-refractivity contribution in [3.63, 3.8) is 0 Å². The normalized spacial score (nSPS) is 10.2. The molecule has 0 saturated carbocycles. The average molecular weight is 231 g/mol. The molecular weight excluding hydrogens is 218 g/mol. The van der Waals surface area contributed by atoms with E-state index in [2.05, 4.69) is 9.97 Å². The van der Waals surface area contributed by atoms with Gasteiger partial charge in [0, 0.05) is 0 Å². The van der Waals surface area contributed by atoms with Crippen LogP contribution in [0.2, 0.25) is 0 Å². The third-order valence-electron chi connectivity index (χ3n) is 2.26. The first-order valence-corrected chi connectivity index (χ1v) is 5.16. The molecule has 3 N–H and O–H groups in total. The first kappa shape index (κ1) is 11.2. The zero-order chi connectivity index (χ0) is 12.3. The Kier molecular flexibility index (Phi) is 3.09. The Labute approximate surface area is 98.9 Å². The molecule has 0 bridgehead atoms. The van der Waals surface area contributed by atoms with Crippen molar-refractivity contribution in [2.75, 3.05) is 5.73 Å². The molecule has 0 aliphatic rings. The second-order valence-corrected chi connectivity index (χ2v) is 3.59. The number of rotatable bonds is 3. The van der Waals surface area contributed by atoms with E-state index in [9.17, 15) is 5.11 Å². The molecule has 2 rings (SSSR count). The van der Waals surface area contributed by atoms with Gasteiger partial charge in [0.15, 0.2) is 0 Å². The lowest BCUT2D eigenvalue weighted by Crippen LogP contribution is -2.02. The number of nitrogens with two attached hydrogens (primary N) is 1. The second kappa shape index (κ2) is 4.69. The molecule has 0 aliphatic heterocycles. The lowest BCUT2D eigenvalue weighted by atomic mass is 10.2. The Hall–Kier alpha value is -2.30. The second-order valence-electron chi connectivity index (χ2n) is 3.59. The van der Waals surface area contributed by atoms with Crippen molar-refractivity contribution in [3.8, 4) is 11.6 Å². The molecule has 0 unspecified atom stereocenters. The predicted molar refractivity (Wildman–Crippen MR) is 63.6 cm³/mol. The van der Waals surface area contributed by atoms with E-state index in [1.165, 1.54) is 0 Å². The molecule has 0 saturated heterocycles. The number of nitrogens with zero attached hydrogens (tertiary/aromatic N) is 2. The van der Waals surface area contributed by atoms with Gasteiger partial charge >= 0.3 is 0 Å². The number of hydrogen-bond donors (Lipinski definition) is 2. The molecule has 1 aromatic heterocycles. The summed E-state index contributed by atoms with van der Waals surface area (Å²) >= 11 is 0. The molecule has 1 heterocycles. The van der Waals surface area contributed by atoms with Gasteiger partial charge in [-0.2, -0.15) is 4.98 Å². The fourth-order valence-corrected chi connectivity index (χ4v) is 1.47. The largest absolute Gasteiger partial charge is 0.491 e. The highest BCUT2D eigenvalue weighted by atomic mass is 16.5. The van der Waals surface area contributed by atoms with Gasteiger partial charge in [-0.1, -0.05) is 30.3 Å². The van der Waals surface area contributed by atoms with Gasteiger partial charge < -0.3 is 15.6 Å². The highest BCUT2D eigenvalue weighted by Gasteiger charge is 2.10. The lowest BCUT2D eigenvalue weighted by molar-refractivity contribution is 0.280. The van der Waals surface area contributed by atoms with Crippen LogP contribution < -0.4 is 10.5 Å². The van der Waals surface area contributed by atoms with Crippen molar-refractivity contribution >= 4 is 5.95 Å². The number of benzene rings is 1. The van der Waals surface area contributed by atoms with Gasteiger partial charge in [0.25, 0.3) is 5.88 Å². The summed E-state index contributed by atoms with van der Waals surface area (Å²) in [6.07, 6.45) is 0. The van der Waals surface area contributed by atoms with Crippen LogP contribution in [0, 0.1) is 6.92 Å². The van der Waals surface area contributed by atoms with Gasteiger partial charge in [-0.25, -0.2) is 4.98 Å². The third-order valence-corrected chi connectivity index (χ3v) is 2.26. The van der Waals surface area contributed by atoms with E-state index in [1.54, 1.807) is 6.92 Å². The Morgan fingerprint density at radius 2 is 1.94 bits per heavy atom. The minimum absolute atomic E-state index is 0.0343. The summed E-state index contributed by atoms with van der Waals surface area (Å²) in [5, 5.41) is 9.59. The van der Waals surface area contributed by atoms with Gasteiger partial charge in [-0.3, -0.25) is 0 Å². The molecule has 5 heteroatoms. The molecule has 0 radical (unpaired) electrons. The van der Waals surface area contributed by atoms with E-state index < -0.39 is 0 Å². The fourth-order valence-electron chi connectivity index (χ4n) is 1.47. The Bertz CT molecular complexity index is 491. The van der Waals surface area contributed by atoms with Gasteiger partial charge in [-0.05, 0) is 12.5 Å². The Morgan fingerprint density at radius 3 is 2.59 bits per heavy atom. The van der Waals surface area contributed by atoms with Gasteiger partial charge in [0.2, 0.25) is 11.7 Å². The van der Waals surface area contributed by atoms with Crippen molar-refractivity contribution in [2.45, 2.75) is 13.5 Å². The highest BCUT2D eigenvalue weighted by molar-refractivity contribution is 5.40. The quantitative estimate of drug-likeness (QED) is 0.839. The summed E-state index contributed by atoms with van der Waals surface area (Å²) < 4.78 is 5.48. The number of aromatic hydroxyl groups is 1. The summed E-state index contributed by atoms with van der Waals surface area (Å²) in [6.45, 7) is 2.06. The standard InChI is InChI=1S/C12H13N3O2/c1-8-10(11(16)15-12(13)14-8)17-7-9-5-3-2-4-6-9/h2-6H,7H2,1H3,(H3,13,14,15,16). The first-order chi connectivity index (χ1) is 8.16. The monoisotopic (exact) mass is 231 g/mol. The zero-order valence-electron chi connectivity index (χ0n) is 9.42. The summed E-state index contributed by atoms with van der Waals surface area (Å²) in [5.74, 6) is 0.0704. The molecule has 0 fully saturated rings.